The molecule has 0 radical (unpaired) electrons. The lowest BCUT2D eigenvalue weighted by atomic mass is 10.2. The van der Waals surface area contributed by atoms with E-state index in [1.165, 1.54) is 6.07 Å². The van der Waals surface area contributed by atoms with Crippen LogP contribution in [0.15, 0.2) is 42.6 Å². The number of benzene rings is 1. The van der Waals surface area contributed by atoms with E-state index in [2.05, 4.69) is 4.98 Å². The standard InChI is InChI=1S/C13H9ClFN3/c14-12-11-10(16)6-3-7-18(11)13(17-12)8-4-1-2-5-9(8)15/h1-7H,16H2. The third-order valence-corrected chi connectivity index (χ3v) is 3.03. The summed E-state index contributed by atoms with van der Waals surface area (Å²) in [6.07, 6.45) is 1.76. The van der Waals surface area contributed by atoms with Crippen molar-refractivity contribution in [2.75, 3.05) is 5.73 Å². The second kappa shape index (κ2) is 3.99. The van der Waals surface area contributed by atoms with Crippen LogP contribution in [0, 0.1) is 5.82 Å². The molecule has 2 heterocycles. The van der Waals surface area contributed by atoms with Gasteiger partial charge in [0.2, 0.25) is 0 Å². The van der Waals surface area contributed by atoms with E-state index in [1.54, 1.807) is 40.9 Å². The third kappa shape index (κ3) is 1.54. The SMILES string of the molecule is Nc1cccn2c(-c3ccccc3F)nc(Cl)c12. The molecule has 2 N–H and O–H groups in total. The molecule has 0 saturated heterocycles. The van der Waals surface area contributed by atoms with Crippen molar-refractivity contribution in [2.24, 2.45) is 0 Å². The average Bonchev–Trinajstić information content (AvgIpc) is 2.69. The number of imidazole rings is 1. The van der Waals surface area contributed by atoms with E-state index in [-0.39, 0.29) is 11.0 Å². The maximum absolute atomic E-state index is 13.8. The first-order valence-electron chi connectivity index (χ1n) is 5.35. The van der Waals surface area contributed by atoms with Gasteiger partial charge in [0, 0.05) is 6.20 Å². The quantitative estimate of drug-likeness (QED) is 0.730. The van der Waals surface area contributed by atoms with E-state index in [0.29, 0.717) is 22.6 Å². The molecule has 0 saturated carbocycles. The molecule has 5 heteroatoms. The van der Waals surface area contributed by atoms with Crippen LogP contribution in [0.25, 0.3) is 16.9 Å². The van der Waals surface area contributed by atoms with E-state index in [1.807, 2.05) is 0 Å². The number of nitrogens with two attached hydrogens (primary N) is 1. The molecule has 90 valence electrons. The molecule has 0 amide bonds. The van der Waals surface area contributed by atoms with Crippen LogP contribution in [0.4, 0.5) is 10.1 Å². The fourth-order valence-corrected chi connectivity index (χ4v) is 2.23. The number of nitrogens with zero attached hydrogens (tertiary/aromatic N) is 2. The van der Waals surface area contributed by atoms with Gasteiger partial charge >= 0.3 is 0 Å². The highest BCUT2D eigenvalue weighted by atomic mass is 35.5. The predicted octanol–water partition coefficient (Wildman–Crippen LogP) is 3.38. The largest absolute Gasteiger partial charge is 0.397 e. The Labute approximate surface area is 108 Å². The fourth-order valence-electron chi connectivity index (χ4n) is 1.95. The van der Waals surface area contributed by atoms with Crippen molar-refractivity contribution in [1.29, 1.82) is 0 Å². The molecule has 0 aliphatic rings. The van der Waals surface area contributed by atoms with Crippen molar-refractivity contribution in [3.05, 3.63) is 53.6 Å². The number of anilines is 1. The minimum absolute atomic E-state index is 0.270. The molecule has 0 aliphatic carbocycles. The van der Waals surface area contributed by atoms with Gasteiger partial charge < -0.3 is 5.73 Å². The van der Waals surface area contributed by atoms with Crippen LogP contribution < -0.4 is 5.73 Å². The first-order valence-corrected chi connectivity index (χ1v) is 5.73. The zero-order valence-electron chi connectivity index (χ0n) is 9.27. The second-order valence-electron chi connectivity index (χ2n) is 3.89. The minimum atomic E-state index is -0.344. The first-order chi connectivity index (χ1) is 8.68. The summed E-state index contributed by atoms with van der Waals surface area (Å²) >= 11 is 6.05. The van der Waals surface area contributed by atoms with E-state index in [0.717, 1.165) is 0 Å². The van der Waals surface area contributed by atoms with Crippen molar-refractivity contribution in [3.63, 3.8) is 0 Å². The summed E-state index contributed by atoms with van der Waals surface area (Å²) in [5, 5.41) is 0.270. The zero-order chi connectivity index (χ0) is 12.7. The Morgan fingerprint density at radius 2 is 1.94 bits per heavy atom. The van der Waals surface area contributed by atoms with Gasteiger partial charge in [0.1, 0.15) is 17.2 Å². The Kier molecular flexibility index (Phi) is 2.45. The molecule has 0 aliphatic heterocycles. The molecule has 2 aromatic heterocycles. The van der Waals surface area contributed by atoms with Crippen LogP contribution in [0.2, 0.25) is 5.15 Å². The minimum Gasteiger partial charge on any atom is -0.397 e. The lowest BCUT2D eigenvalue weighted by molar-refractivity contribution is 0.630. The molecule has 0 atom stereocenters. The molecular formula is C13H9ClFN3. The molecule has 0 bridgehead atoms. The summed E-state index contributed by atoms with van der Waals surface area (Å²) < 4.78 is 15.5. The van der Waals surface area contributed by atoms with Crippen molar-refractivity contribution in [1.82, 2.24) is 9.38 Å². The van der Waals surface area contributed by atoms with E-state index >= 15 is 0 Å². The van der Waals surface area contributed by atoms with Crippen LogP contribution in [0.5, 0.6) is 0 Å². The van der Waals surface area contributed by atoms with Crippen LogP contribution in [-0.2, 0) is 0 Å². The zero-order valence-corrected chi connectivity index (χ0v) is 10.0. The van der Waals surface area contributed by atoms with Gasteiger partial charge in [0.25, 0.3) is 0 Å². The molecule has 3 rings (SSSR count). The Morgan fingerprint density at radius 1 is 1.17 bits per heavy atom. The molecule has 0 spiro atoms. The molecule has 0 fully saturated rings. The summed E-state index contributed by atoms with van der Waals surface area (Å²) in [7, 11) is 0. The molecule has 18 heavy (non-hydrogen) atoms. The molecule has 3 nitrogen and oxygen atoms in total. The summed E-state index contributed by atoms with van der Waals surface area (Å²) in [5.74, 6) is 0.101. The van der Waals surface area contributed by atoms with Gasteiger partial charge in [-0.25, -0.2) is 9.37 Å². The van der Waals surface area contributed by atoms with Crippen molar-refractivity contribution < 1.29 is 4.39 Å². The molecule has 1 aromatic carbocycles. The molecule has 3 aromatic rings. The van der Waals surface area contributed by atoms with E-state index < -0.39 is 0 Å². The Hall–Kier alpha value is -2.07. The van der Waals surface area contributed by atoms with Gasteiger partial charge in [-0.1, -0.05) is 23.7 Å². The van der Waals surface area contributed by atoms with Crippen LogP contribution in [0.3, 0.4) is 0 Å². The van der Waals surface area contributed by atoms with Crippen molar-refractivity contribution in [2.45, 2.75) is 0 Å². The number of hydrogen-bond donors (Lipinski definition) is 1. The highest BCUT2D eigenvalue weighted by Crippen LogP contribution is 2.30. The van der Waals surface area contributed by atoms with Gasteiger partial charge in [-0.15, -0.1) is 0 Å². The third-order valence-electron chi connectivity index (χ3n) is 2.77. The Bertz CT molecular complexity index is 736. The maximum Gasteiger partial charge on any atom is 0.157 e. The number of fused-ring (bicyclic) bond motifs is 1. The number of pyridine rings is 1. The summed E-state index contributed by atoms with van der Waals surface area (Å²) in [6, 6.07) is 9.92. The smallest absolute Gasteiger partial charge is 0.157 e. The van der Waals surface area contributed by atoms with Gasteiger partial charge in [0.15, 0.2) is 5.15 Å². The van der Waals surface area contributed by atoms with Gasteiger partial charge in [0.05, 0.1) is 11.3 Å². The highest BCUT2D eigenvalue weighted by Gasteiger charge is 2.15. The number of rotatable bonds is 1. The van der Waals surface area contributed by atoms with Gasteiger partial charge in [-0.05, 0) is 24.3 Å². The average molecular weight is 262 g/mol. The number of aromatic nitrogens is 2. The number of nitrogen functional groups attached to an aromatic ring is 1. The maximum atomic E-state index is 13.8. The molecule has 0 unspecified atom stereocenters. The summed E-state index contributed by atoms with van der Waals surface area (Å²) in [5.41, 5.74) is 7.35. The number of hydrogen-bond acceptors (Lipinski definition) is 2. The lowest BCUT2D eigenvalue weighted by Crippen LogP contribution is -1.94. The first kappa shape index (κ1) is 11.0. The summed E-state index contributed by atoms with van der Waals surface area (Å²) in [6.45, 7) is 0. The van der Waals surface area contributed by atoms with Crippen molar-refractivity contribution in [3.8, 4) is 11.4 Å². The van der Waals surface area contributed by atoms with Gasteiger partial charge in [-0.3, -0.25) is 4.40 Å². The Morgan fingerprint density at radius 3 is 2.72 bits per heavy atom. The predicted molar refractivity (Wildman–Crippen MR) is 70.0 cm³/mol. The van der Waals surface area contributed by atoms with Crippen LogP contribution in [0.1, 0.15) is 0 Å². The summed E-state index contributed by atoms with van der Waals surface area (Å²) in [4.78, 5) is 4.19. The van der Waals surface area contributed by atoms with Crippen LogP contribution in [-0.4, -0.2) is 9.38 Å². The normalized spacial score (nSPS) is 11.0. The molecular weight excluding hydrogens is 253 g/mol. The fraction of sp³-hybridized carbons (Fsp3) is 0. The number of halogens is 2. The van der Waals surface area contributed by atoms with Gasteiger partial charge in [-0.2, -0.15) is 0 Å². The highest BCUT2D eigenvalue weighted by molar-refractivity contribution is 6.33. The van der Waals surface area contributed by atoms with E-state index in [9.17, 15) is 4.39 Å². The topological polar surface area (TPSA) is 43.3 Å². The van der Waals surface area contributed by atoms with E-state index in [4.69, 9.17) is 17.3 Å². The Balaban J connectivity index is 2.38. The second-order valence-corrected chi connectivity index (χ2v) is 4.25. The van der Waals surface area contributed by atoms with Crippen molar-refractivity contribution >= 4 is 22.8 Å². The monoisotopic (exact) mass is 261 g/mol. The van der Waals surface area contributed by atoms with Crippen LogP contribution >= 0.6 is 11.6 Å². The lowest BCUT2D eigenvalue weighted by Gasteiger charge is -2.03.